The molecule has 0 bridgehead atoms. The van der Waals surface area contributed by atoms with Crippen LogP contribution < -0.4 is 5.32 Å². The first-order chi connectivity index (χ1) is 9.22. The van der Waals surface area contributed by atoms with Gasteiger partial charge in [0.05, 0.1) is 0 Å². The molecule has 7 nitrogen and oxygen atoms in total. The smallest absolute Gasteiger partial charge is 0.408 e. The topological polar surface area (TPSA) is 101 Å². The Hall–Kier alpha value is -2.18. The molecule has 2 N–H and O–H groups in total. The Morgan fingerprint density at radius 2 is 2.05 bits per heavy atom. The van der Waals surface area contributed by atoms with E-state index in [0.29, 0.717) is 18.7 Å². The molecule has 1 fully saturated rings. The van der Waals surface area contributed by atoms with Crippen molar-refractivity contribution >= 4 is 12.1 Å². The molecule has 1 saturated carbocycles. The Balaban J connectivity index is 2.14. The molecule has 1 amide bonds. The lowest BCUT2D eigenvalue weighted by molar-refractivity contribution is 0.0492. The van der Waals surface area contributed by atoms with Gasteiger partial charge in [-0.2, -0.15) is 0 Å². The van der Waals surface area contributed by atoms with Gasteiger partial charge in [-0.1, -0.05) is 0 Å². The summed E-state index contributed by atoms with van der Waals surface area (Å²) < 4.78 is 5.19. The summed E-state index contributed by atoms with van der Waals surface area (Å²) in [5, 5.41) is 11.7. The number of carbonyl (C=O) groups is 2. The predicted molar refractivity (Wildman–Crippen MR) is 69.3 cm³/mol. The van der Waals surface area contributed by atoms with E-state index in [1.54, 1.807) is 20.8 Å². The van der Waals surface area contributed by atoms with Gasteiger partial charge in [-0.15, -0.1) is 0 Å². The van der Waals surface area contributed by atoms with E-state index in [0.717, 1.165) is 0 Å². The Kier molecular flexibility index (Phi) is 3.37. The van der Waals surface area contributed by atoms with Crippen LogP contribution in [0, 0.1) is 0 Å². The van der Waals surface area contributed by atoms with Gasteiger partial charge in [-0.05, 0) is 39.7 Å². The van der Waals surface area contributed by atoms with Gasteiger partial charge in [0, 0.05) is 6.20 Å². The Morgan fingerprint density at radius 3 is 2.55 bits per heavy atom. The maximum absolute atomic E-state index is 11.8. The van der Waals surface area contributed by atoms with Crippen molar-refractivity contribution in [3.05, 3.63) is 23.8 Å². The van der Waals surface area contributed by atoms with Crippen LogP contribution in [-0.2, 0) is 10.3 Å². The average molecular weight is 279 g/mol. The Bertz CT molecular complexity index is 547. The average Bonchev–Trinajstić information content (AvgIpc) is 3.07. The lowest BCUT2D eigenvalue weighted by Gasteiger charge is -2.22. The molecule has 0 unspecified atom stereocenters. The first-order valence-electron chi connectivity index (χ1n) is 6.30. The van der Waals surface area contributed by atoms with Gasteiger partial charge in [0.25, 0.3) is 0 Å². The maximum Gasteiger partial charge on any atom is 0.408 e. The zero-order chi connectivity index (χ0) is 15.0. The molecular formula is C13H17N3O4. The van der Waals surface area contributed by atoms with E-state index < -0.39 is 23.2 Å². The zero-order valence-corrected chi connectivity index (χ0v) is 11.6. The summed E-state index contributed by atoms with van der Waals surface area (Å²) in [4.78, 5) is 30.7. The van der Waals surface area contributed by atoms with Crippen LogP contribution in [0.5, 0.6) is 0 Å². The molecule has 0 spiro atoms. The highest BCUT2D eigenvalue weighted by Gasteiger charge is 2.49. The van der Waals surface area contributed by atoms with Crippen LogP contribution in [0.15, 0.2) is 12.3 Å². The molecule has 20 heavy (non-hydrogen) atoms. The fourth-order valence-electron chi connectivity index (χ4n) is 1.74. The number of alkyl carbamates (subject to hydrolysis) is 1. The molecule has 1 aliphatic rings. The first kappa shape index (κ1) is 14.2. The van der Waals surface area contributed by atoms with Gasteiger partial charge in [-0.25, -0.2) is 19.6 Å². The molecule has 1 heterocycles. The number of rotatable bonds is 3. The Labute approximate surface area is 116 Å². The monoisotopic (exact) mass is 279 g/mol. The quantitative estimate of drug-likeness (QED) is 0.873. The third kappa shape index (κ3) is 3.23. The number of hydrogen-bond acceptors (Lipinski definition) is 5. The molecule has 0 radical (unpaired) electrons. The lowest BCUT2D eigenvalue weighted by Crippen LogP contribution is -2.40. The van der Waals surface area contributed by atoms with E-state index in [1.807, 2.05) is 0 Å². The van der Waals surface area contributed by atoms with Gasteiger partial charge in [0.2, 0.25) is 0 Å². The van der Waals surface area contributed by atoms with Crippen molar-refractivity contribution < 1.29 is 19.4 Å². The number of amides is 1. The summed E-state index contributed by atoms with van der Waals surface area (Å²) in [6.45, 7) is 5.31. The van der Waals surface area contributed by atoms with E-state index in [1.165, 1.54) is 12.3 Å². The van der Waals surface area contributed by atoms with Crippen LogP contribution in [0.4, 0.5) is 4.79 Å². The van der Waals surface area contributed by atoms with Gasteiger partial charge in [0.1, 0.15) is 11.1 Å². The number of carbonyl (C=O) groups excluding carboxylic acids is 1. The van der Waals surface area contributed by atoms with E-state index >= 15 is 0 Å². The minimum Gasteiger partial charge on any atom is -0.477 e. The van der Waals surface area contributed by atoms with Crippen molar-refractivity contribution in [2.75, 3.05) is 0 Å². The fourth-order valence-corrected chi connectivity index (χ4v) is 1.74. The first-order valence-corrected chi connectivity index (χ1v) is 6.30. The highest BCUT2D eigenvalue weighted by atomic mass is 16.6. The Morgan fingerprint density at radius 1 is 1.40 bits per heavy atom. The van der Waals surface area contributed by atoms with Crippen molar-refractivity contribution in [1.82, 2.24) is 15.3 Å². The number of nitrogens with zero attached hydrogens (tertiary/aromatic N) is 2. The SMILES string of the molecule is CC(C)(C)OC(=O)NC1(c2nccc(C(=O)O)n2)CC1. The highest BCUT2D eigenvalue weighted by Crippen LogP contribution is 2.43. The largest absolute Gasteiger partial charge is 0.477 e. The van der Waals surface area contributed by atoms with Crippen LogP contribution in [0.2, 0.25) is 0 Å². The van der Waals surface area contributed by atoms with Crippen LogP contribution in [0.1, 0.15) is 49.9 Å². The molecule has 1 aromatic heterocycles. The summed E-state index contributed by atoms with van der Waals surface area (Å²) in [5.41, 5.74) is -1.38. The molecule has 2 rings (SSSR count). The standard InChI is InChI=1S/C13H17N3O4/c1-12(2,3)20-11(19)16-13(5-6-13)10-14-7-4-8(15-10)9(17)18/h4,7H,5-6H2,1-3H3,(H,16,19)(H,17,18). The summed E-state index contributed by atoms with van der Waals surface area (Å²) >= 11 is 0. The van der Waals surface area contributed by atoms with Crippen molar-refractivity contribution in [1.29, 1.82) is 0 Å². The zero-order valence-electron chi connectivity index (χ0n) is 11.6. The minimum atomic E-state index is -1.12. The summed E-state index contributed by atoms with van der Waals surface area (Å²) in [6, 6.07) is 1.31. The number of carboxylic acids is 1. The van der Waals surface area contributed by atoms with Gasteiger partial charge in [0.15, 0.2) is 11.5 Å². The maximum atomic E-state index is 11.8. The molecule has 1 aromatic rings. The highest BCUT2D eigenvalue weighted by molar-refractivity contribution is 5.85. The third-order valence-electron chi connectivity index (χ3n) is 2.79. The van der Waals surface area contributed by atoms with Gasteiger partial charge < -0.3 is 15.2 Å². The number of aromatic nitrogens is 2. The van der Waals surface area contributed by atoms with Crippen molar-refractivity contribution in [3.8, 4) is 0 Å². The van der Waals surface area contributed by atoms with E-state index in [4.69, 9.17) is 9.84 Å². The molecule has 0 saturated heterocycles. The van der Waals surface area contributed by atoms with Crippen LogP contribution in [0.3, 0.4) is 0 Å². The van der Waals surface area contributed by atoms with Crippen LogP contribution >= 0.6 is 0 Å². The predicted octanol–water partition coefficient (Wildman–Crippen LogP) is 1.69. The normalized spacial score (nSPS) is 16.4. The molecule has 7 heteroatoms. The van der Waals surface area contributed by atoms with Crippen molar-refractivity contribution in [2.45, 2.75) is 44.8 Å². The van der Waals surface area contributed by atoms with Gasteiger partial charge in [-0.3, -0.25) is 0 Å². The number of ether oxygens (including phenoxy) is 1. The van der Waals surface area contributed by atoms with Crippen LogP contribution in [-0.4, -0.2) is 32.7 Å². The molecular weight excluding hydrogens is 262 g/mol. The van der Waals surface area contributed by atoms with Crippen molar-refractivity contribution in [3.63, 3.8) is 0 Å². The third-order valence-corrected chi connectivity index (χ3v) is 2.79. The van der Waals surface area contributed by atoms with E-state index in [-0.39, 0.29) is 5.69 Å². The second-order valence-electron chi connectivity index (χ2n) is 5.78. The number of aromatic carboxylic acids is 1. The summed E-state index contributed by atoms with van der Waals surface area (Å²) in [6.07, 6.45) is 2.15. The number of carboxylic acid groups (broad SMARTS) is 1. The molecule has 0 aromatic carbocycles. The van der Waals surface area contributed by atoms with E-state index in [9.17, 15) is 9.59 Å². The lowest BCUT2D eigenvalue weighted by atomic mass is 10.2. The molecule has 0 aliphatic heterocycles. The second kappa shape index (κ2) is 4.73. The number of nitrogens with one attached hydrogen (secondary N) is 1. The van der Waals surface area contributed by atoms with Gasteiger partial charge >= 0.3 is 12.1 Å². The molecule has 0 atom stereocenters. The summed E-state index contributed by atoms with van der Waals surface area (Å²) in [7, 11) is 0. The second-order valence-corrected chi connectivity index (χ2v) is 5.78. The molecule has 1 aliphatic carbocycles. The van der Waals surface area contributed by atoms with E-state index in [2.05, 4.69) is 15.3 Å². The minimum absolute atomic E-state index is 0.0905. The number of hydrogen-bond donors (Lipinski definition) is 2. The van der Waals surface area contributed by atoms with Crippen molar-refractivity contribution in [2.24, 2.45) is 0 Å². The fraction of sp³-hybridized carbons (Fsp3) is 0.538. The van der Waals surface area contributed by atoms with Crippen LogP contribution in [0.25, 0.3) is 0 Å². The summed E-state index contributed by atoms with van der Waals surface area (Å²) in [5.74, 6) is -0.815. The molecule has 108 valence electrons.